The quantitative estimate of drug-likeness (QED) is 0.257. The predicted octanol–water partition coefficient (Wildman–Crippen LogP) is 1.53. The van der Waals surface area contributed by atoms with Crippen molar-refractivity contribution in [2.75, 3.05) is 0 Å². The summed E-state index contributed by atoms with van der Waals surface area (Å²) in [5, 5.41) is 3.02. The average Bonchev–Trinajstić information content (AvgIpc) is 2.51. The molecule has 0 radical (unpaired) electrons. The molecule has 64 valence electrons. The summed E-state index contributed by atoms with van der Waals surface area (Å²) < 4.78 is 5.27. The van der Waals surface area contributed by atoms with Crippen LogP contribution in [-0.2, 0) is 9.53 Å². The number of nitrogens with zero attached hydrogens (tertiary/aromatic N) is 3. The first-order chi connectivity index (χ1) is 5.78. The largest absolute Gasteiger partial charge is 0.358 e. The van der Waals surface area contributed by atoms with Gasteiger partial charge in [0.25, 0.3) is 5.91 Å². The van der Waals surface area contributed by atoms with Gasteiger partial charge in [0, 0.05) is 4.91 Å². The van der Waals surface area contributed by atoms with E-state index in [-0.39, 0.29) is 5.60 Å². The van der Waals surface area contributed by atoms with Crippen molar-refractivity contribution in [2.45, 2.75) is 37.4 Å². The molecular weight excluding hydrogens is 158 g/mol. The number of hydrogen-bond acceptors (Lipinski definition) is 2. The summed E-state index contributed by atoms with van der Waals surface area (Å²) in [6, 6.07) is 0. The van der Waals surface area contributed by atoms with Gasteiger partial charge in [0.1, 0.15) is 5.60 Å². The normalized spacial score (nSPS) is 29.8. The fourth-order valence-corrected chi connectivity index (χ4v) is 1.93. The van der Waals surface area contributed by atoms with Crippen LogP contribution in [0.25, 0.3) is 10.4 Å². The van der Waals surface area contributed by atoms with Gasteiger partial charge in [0.05, 0.1) is 0 Å². The highest BCUT2D eigenvalue weighted by molar-refractivity contribution is 5.85. The average molecular weight is 167 g/mol. The summed E-state index contributed by atoms with van der Waals surface area (Å²) in [7, 11) is 0. The number of carbonyl (C=O) groups excluding carboxylic acids is 1. The molecule has 1 aliphatic carbocycles. The third-order valence-electron chi connectivity index (χ3n) is 2.59. The van der Waals surface area contributed by atoms with Crippen molar-refractivity contribution in [3.05, 3.63) is 10.4 Å². The first-order valence-electron chi connectivity index (χ1n) is 4.05. The first-order valence-corrected chi connectivity index (χ1v) is 4.05. The van der Waals surface area contributed by atoms with Crippen LogP contribution in [0.1, 0.15) is 25.7 Å². The Balaban J connectivity index is 2.02. The van der Waals surface area contributed by atoms with E-state index in [9.17, 15) is 4.79 Å². The molecule has 5 heteroatoms. The Labute approximate surface area is 69.3 Å². The number of amides is 1. The van der Waals surface area contributed by atoms with Crippen LogP contribution in [0.15, 0.2) is 5.11 Å². The molecule has 0 aromatic heterocycles. The third-order valence-corrected chi connectivity index (χ3v) is 2.59. The Morgan fingerprint density at radius 3 is 2.83 bits per heavy atom. The molecule has 0 aromatic carbocycles. The maximum absolute atomic E-state index is 11.0. The van der Waals surface area contributed by atoms with Gasteiger partial charge >= 0.3 is 0 Å². The van der Waals surface area contributed by atoms with Crippen molar-refractivity contribution in [2.24, 2.45) is 5.11 Å². The molecule has 2 aliphatic rings. The molecule has 2 fully saturated rings. The summed E-state index contributed by atoms with van der Waals surface area (Å²) in [4.78, 5) is 13.5. The van der Waals surface area contributed by atoms with Crippen molar-refractivity contribution in [1.82, 2.24) is 0 Å². The summed E-state index contributed by atoms with van der Waals surface area (Å²) in [6.45, 7) is 0. The van der Waals surface area contributed by atoms with Gasteiger partial charge in [-0.2, -0.15) is 0 Å². The maximum Gasteiger partial charge on any atom is 0.250 e. The molecule has 2 rings (SSSR count). The highest BCUT2D eigenvalue weighted by Crippen LogP contribution is 2.50. The standard InChI is InChI=1S/C7H9N3O2/c8-10-9-6(11)5-7(12-5)3-1-2-4-7/h5H,1-4H2. The van der Waals surface area contributed by atoms with Gasteiger partial charge in [-0.15, -0.1) is 0 Å². The van der Waals surface area contributed by atoms with E-state index in [1.54, 1.807) is 0 Å². The van der Waals surface area contributed by atoms with Crippen LogP contribution in [-0.4, -0.2) is 17.6 Å². The Kier molecular flexibility index (Phi) is 1.56. The summed E-state index contributed by atoms with van der Waals surface area (Å²) in [5.41, 5.74) is 7.80. The van der Waals surface area contributed by atoms with Crippen molar-refractivity contribution in [1.29, 1.82) is 0 Å². The fourth-order valence-electron chi connectivity index (χ4n) is 1.93. The lowest BCUT2D eigenvalue weighted by molar-refractivity contribution is -0.119. The second-order valence-electron chi connectivity index (χ2n) is 3.30. The first kappa shape index (κ1) is 7.58. The Hall–Kier alpha value is -1.06. The molecule has 1 spiro atoms. The van der Waals surface area contributed by atoms with Crippen molar-refractivity contribution >= 4 is 5.91 Å². The molecule has 1 aliphatic heterocycles. The molecule has 0 N–H and O–H groups in total. The summed E-state index contributed by atoms with van der Waals surface area (Å²) in [6.07, 6.45) is 3.66. The van der Waals surface area contributed by atoms with E-state index in [1.165, 1.54) is 0 Å². The van der Waals surface area contributed by atoms with Gasteiger partial charge in [-0.05, 0) is 23.5 Å². The van der Waals surface area contributed by atoms with E-state index in [4.69, 9.17) is 10.3 Å². The zero-order chi connectivity index (χ0) is 8.60. The van der Waals surface area contributed by atoms with Gasteiger partial charge in [0.2, 0.25) is 0 Å². The van der Waals surface area contributed by atoms with E-state index in [0.29, 0.717) is 0 Å². The molecular formula is C7H9N3O2. The zero-order valence-electron chi connectivity index (χ0n) is 6.56. The SMILES string of the molecule is [N-]=[N+]=NC(=O)C1OC12CCCC2. The van der Waals surface area contributed by atoms with Crippen LogP contribution in [0.3, 0.4) is 0 Å². The molecule has 1 heterocycles. The number of ether oxygens (including phenoxy) is 1. The van der Waals surface area contributed by atoms with E-state index >= 15 is 0 Å². The Morgan fingerprint density at radius 2 is 2.25 bits per heavy atom. The lowest BCUT2D eigenvalue weighted by Gasteiger charge is -1.96. The molecule has 1 saturated carbocycles. The fraction of sp³-hybridized carbons (Fsp3) is 0.857. The van der Waals surface area contributed by atoms with E-state index in [0.717, 1.165) is 25.7 Å². The Bertz CT molecular complexity index is 264. The molecule has 0 aromatic rings. The highest BCUT2D eigenvalue weighted by Gasteiger charge is 2.60. The molecule has 12 heavy (non-hydrogen) atoms. The minimum atomic E-state index is -0.459. The van der Waals surface area contributed by atoms with E-state index < -0.39 is 12.0 Å². The minimum Gasteiger partial charge on any atom is -0.358 e. The smallest absolute Gasteiger partial charge is 0.250 e. The molecule has 1 atom stereocenters. The molecule has 5 nitrogen and oxygen atoms in total. The van der Waals surface area contributed by atoms with Crippen LogP contribution < -0.4 is 0 Å². The molecule has 0 bridgehead atoms. The zero-order valence-corrected chi connectivity index (χ0v) is 6.56. The van der Waals surface area contributed by atoms with Crippen LogP contribution in [0.4, 0.5) is 0 Å². The topological polar surface area (TPSA) is 78.4 Å². The van der Waals surface area contributed by atoms with Gasteiger partial charge in [-0.1, -0.05) is 12.8 Å². The number of epoxide rings is 1. The number of carbonyl (C=O) groups is 1. The van der Waals surface area contributed by atoms with Gasteiger partial charge in [-0.25, -0.2) is 0 Å². The van der Waals surface area contributed by atoms with Crippen LogP contribution in [0, 0.1) is 0 Å². The number of rotatable bonds is 1. The predicted molar refractivity (Wildman–Crippen MR) is 40.2 cm³/mol. The van der Waals surface area contributed by atoms with E-state index in [2.05, 4.69) is 10.0 Å². The van der Waals surface area contributed by atoms with Crippen molar-refractivity contribution in [3.63, 3.8) is 0 Å². The summed E-state index contributed by atoms with van der Waals surface area (Å²) in [5.74, 6) is -0.459. The van der Waals surface area contributed by atoms with E-state index in [1.807, 2.05) is 0 Å². The number of hydrogen-bond donors (Lipinski definition) is 0. The second kappa shape index (κ2) is 2.47. The lowest BCUT2D eigenvalue weighted by atomic mass is 10.0. The minimum absolute atomic E-state index is 0.231. The second-order valence-corrected chi connectivity index (χ2v) is 3.30. The molecule has 1 unspecified atom stereocenters. The molecule has 1 saturated heterocycles. The van der Waals surface area contributed by atoms with Crippen molar-refractivity contribution < 1.29 is 9.53 Å². The van der Waals surface area contributed by atoms with Crippen LogP contribution >= 0.6 is 0 Å². The highest BCUT2D eigenvalue weighted by atomic mass is 16.6. The van der Waals surface area contributed by atoms with Gasteiger partial charge in [-0.3, -0.25) is 4.79 Å². The van der Waals surface area contributed by atoms with Gasteiger partial charge in [0.15, 0.2) is 6.10 Å². The maximum atomic E-state index is 11.0. The lowest BCUT2D eigenvalue weighted by Crippen LogP contribution is -2.15. The molecule has 1 amide bonds. The van der Waals surface area contributed by atoms with Crippen LogP contribution in [0.5, 0.6) is 0 Å². The summed E-state index contributed by atoms with van der Waals surface area (Å²) >= 11 is 0. The van der Waals surface area contributed by atoms with Gasteiger partial charge < -0.3 is 4.74 Å². The Morgan fingerprint density at radius 1 is 1.58 bits per heavy atom. The third kappa shape index (κ3) is 0.983. The number of azide groups is 1. The van der Waals surface area contributed by atoms with Crippen LogP contribution in [0.2, 0.25) is 0 Å². The monoisotopic (exact) mass is 167 g/mol. The van der Waals surface area contributed by atoms with Crippen molar-refractivity contribution in [3.8, 4) is 0 Å².